The third-order valence-electron chi connectivity index (χ3n) is 4.32. The monoisotopic (exact) mass is 370 g/mol. The summed E-state index contributed by atoms with van der Waals surface area (Å²) in [6, 6.07) is 5.95. The fraction of sp³-hybridized carbons (Fsp3) is 0.429. The minimum Gasteiger partial charge on any atom is -0.327 e. The summed E-state index contributed by atoms with van der Waals surface area (Å²) in [6.07, 6.45) is 6.55. The lowest BCUT2D eigenvalue weighted by molar-refractivity contribution is -0.124. The summed E-state index contributed by atoms with van der Waals surface area (Å²) in [6.45, 7) is 10.1. The standard InChI is InChI=1S/C21H30N4O2/c1-6-7-11-18-22-20-16(12-13-19(26)23-27)9-8-10-17(20)25(18)15-21(2,3)14-24(4)5/h6,8-10,12-13,27H,1,7,11,14-15H2,2-5H3,(H,23,26). The first-order valence-corrected chi connectivity index (χ1v) is 9.13. The molecule has 146 valence electrons. The van der Waals surface area contributed by atoms with Gasteiger partial charge in [0.15, 0.2) is 0 Å². The number of hydrogen-bond donors (Lipinski definition) is 2. The van der Waals surface area contributed by atoms with Gasteiger partial charge in [0, 0.05) is 31.1 Å². The molecule has 0 aliphatic carbocycles. The van der Waals surface area contributed by atoms with Crippen LogP contribution >= 0.6 is 0 Å². The van der Waals surface area contributed by atoms with E-state index in [-0.39, 0.29) is 5.41 Å². The van der Waals surface area contributed by atoms with Crippen molar-refractivity contribution in [1.82, 2.24) is 19.9 Å². The van der Waals surface area contributed by atoms with E-state index in [1.807, 2.05) is 18.2 Å². The molecular weight excluding hydrogens is 340 g/mol. The number of aryl methyl sites for hydroxylation is 1. The molecular formula is C21H30N4O2. The van der Waals surface area contributed by atoms with Crippen LogP contribution in [0.2, 0.25) is 0 Å². The number of fused-ring (bicyclic) bond motifs is 1. The summed E-state index contributed by atoms with van der Waals surface area (Å²) in [4.78, 5) is 18.4. The van der Waals surface area contributed by atoms with E-state index in [0.717, 1.165) is 48.4 Å². The molecule has 0 radical (unpaired) electrons. The van der Waals surface area contributed by atoms with Gasteiger partial charge in [0.05, 0.1) is 11.0 Å². The lowest BCUT2D eigenvalue weighted by atomic mass is 9.92. The van der Waals surface area contributed by atoms with Gasteiger partial charge in [-0.25, -0.2) is 10.5 Å². The Hall–Kier alpha value is -2.44. The van der Waals surface area contributed by atoms with Crippen LogP contribution in [0.4, 0.5) is 0 Å². The van der Waals surface area contributed by atoms with Crippen LogP contribution < -0.4 is 5.48 Å². The van der Waals surface area contributed by atoms with E-state index in [9.17, 15) is 4.79 Å². The van der Waals surface area contributed by atoms with E-state index in [2.05, 4.69) is 50.1 Å². The largest absolute Gasteiger partial charge is 0.327 e. The van der Waals surface area contributed by atoms with Crippen LogP contribution in [0.3, 0.4) is 0 Å². The van der Waals surface area contributed by atoms with Crippen molar-refractivity contribution < 1.29 is 10.0 Å². The number of carbonyl (C=O) groups excluding carboxylic acids is 1. The van der Waals surface area contributed by atoms with Crippen molar-refractivity contribution in [2.24, 2.45) is 5.41 Å². The van der Waals surface area contributed by atoms with Crippen LogP contribution in [0.25, 0.3) is 17.1 Å². The SMILES string of the molecule is C=CCCc1nc2c(C=CC(=O)NO)cccc2n1CC(C)(C)CN(C)C. The Labute approximate surface area is 161 Å². The summed E-state index contributed by atoms with van der Waals surface area (Å²) in [5, 5.41) is 8.69. The van der Waals surface area contributed by atoms with Crippen molar-refractivity contribution in [3.8, 4) is 0 Å². The Morgan fingerprint density at radius 1 is 1.41 bits per heavy atom. The molecule has 27 heavy (non-hydrogen) atoms. The molecule has 0 fully saturated rings. The van der Waals surface area contributed by atoms with Crippen LogP contribution in [0.1, 0.15) is 31.7 Å². The number of hydroxylamine groups is 1. The lowest BCUT2D eigenvalue weighted by Crippen LogP contribution is -2.32. The molecule has 0 saturated carbocycles. The second-order valence-electron chi connectivity index (χ2n) is 7.87. The molecule has 0 bridgehead atoms. The number of aromatic nitrogens is 2. The zero-order valence-electron chi connectivity index (χ0n) is 16.7. The summed E-state index contributed by atoms with van der Waals surface area (Å²) < 4.78 is 2.28. The molecule has 0 aliphatic heterocycles. The molecule has 0 spiro atoms. The zero-order chi connectivity index (χ0) is 20.0. The second kappa shape index (κ2) is 8.97. The zero-order valence-corrected chi connectivity index (χ0v) is 16.7. The van der Waals surface area contributed by atoms with E-state index >= 15 is 0 Å². The Balaban J connectivity index is 2.51. The van der Waals surface area contributed by atoms with E-state index in [4.69, 9.17) is 10.2 Å². The highest BCUT2D eigenvalue weighted by molar-refractivity contribution is 5.94. The lowest BCUT2D eigenvalue weighted by Gasteiger charge is -2.29. The summed E-state index contributed by atoms with van der Waals surface area (Å²) in [5.41, 5.74) is 4.44. The van der Waals surface area contributed by atoms with Gasteiger partial charge in [-0.15, -0.1) is 6.58 Å². The highest BCUT2D eigenvalue weighted by Gasteiger charge is 2.23. The van der Waals surface area contributed by atoms with Crippen molar-refractivity contribution in [2.75, 3.05) is 20.6 Å². The smallest absolute Gasteiger partial charge is 0.267 e. The molecule has 1 aromatic carbocycles. The maximum absolute atomic E-state index is 11.3. The van der Waals surface area contributed by atoms with Crippen molar-refractivity contribution in [3.63, 3.8) is 0 Å². The average Bonchev–Trinajstić information content (AvgIpc) is 2.94. The van der Waals surface area contributed by atoms with Gasteiger partial charge in [-0.1, -0.05) is 32.1 Å². The van der Waals surface area contributed by atoms with E-state index in [1.165, 1.54) is 6.08 Å². The molecule has 0 atom stereocenters. The first kappa shape index (κ1) is 20.9. The van der Waals surface area contributed by atoms with Crippen molar-refractivity contribution in [2.45, 2.75) is 33.2 Å². The number of benzene rings is 1. The molecule has 2 N–H and O–H groups in total. The minimum absolute atomic E-state index is 0.0721. The molecule has 1 amide bonds. The van der Waals surface area contributed by atoms with Gasteiger partial charge < -0.3 is 9.47 Å². The molecule has 0 saturated heterocycles. The third kappa shape index (κ3) is 5.52. The molecule has 0 unspecified atom stereocenters. The summed E-state index contributed by atoms with van der Waals surface area (Å²) >= 11 is 0. The summed E-state index contributed by atoms with van der Waals surface area (Å²) in [5.74, 6) is 0.453. The normalized spacial score (nSPS) is 12.2. The number of hydrogen-bond acceptors (Lipinski definition) is 4. The number of rotatable bonds is 9. The van der Waals surface area contributed by atoms with Crippen LogP contribution in [0, 0.1) is 5.41 Å². The van der Waals surface area contributed by atoms with Gasteiger partial charge in [0.2, 0.25) is 0 Å². The maximum atomic E-state index is 11.3. The fourth-order valence-electron chi connectivity index (χ4n) is 3.49. The number of imidazole rings is 1. The first-order chi connectivity index (χ1) is 12.8. The van der Waals surface area contributed by atoms with E-state index in [1.54, 1.807) is 11.6 Å². The Morgan fingerprint density at radius 2 is 2.15 bits per heavy atom. The highest BCUT2D eigenvalue weighted by Crippen LogP contribution is 2.27. The van der Waals surface area contributed by atoms with Crippen LogP contribution in [0.15, 0.2) is 36.9 Å². The highest BCUT2D eigenvalue weighted by atomic mass is 16.5. The molecule has 2 aromatic rings. The molecule has 0 aliphatic rings. The molecule has 6 nitrogen and oxygen atoms in total. The van der Waals surface area contributed by atoms with Crippen molar-refractivity contribution >= 4 is 23.0 Å². The summed E-state index contributed by atoms with van der Waals surface area (Å²) in [7, 11) is 4.17. The molecule has 1 heterocycles. The number of nitrogens with zero attached hydrogens (tertiary/aromatic N) is 3. The number of allylic oxidation sites excluding steroid dienone is 1. The quantitative estimate of drug-likeness (QED) is 0.308. The van der Waals surface area contributed by atoms with Gasteiger partial charge in [-0.2, -0.15) is 0 Å². The van der Waals surface area contributed by atoms with Gasteiger partial charge in [0.25, 0.3) is 5.91 Å². The Morgan fingerprint density at radius 3 is 2.78 bits per heavy atom. The Kier molecular flexibility index (Phi) is 6.93. The van der Waals surface area contributed by atoms with Crippen LogP contribution in [-0.4, -0.2) is 46.2 Å². The van der Waals surface area contributed by atoms with Gasteiger partial charge in [-0.05, 0) is 38.1 Å². The van der Waals surface area contributed by atoms with E-state index in [0.29, 0.717) is 0 Å². The van der Waals surface area contributed by atoms with Crippen LogP contribution in [0.5, 0.6) is 0 Å². The molecule has 2 rings (SSSR count). The number of para-hydroxylation sites is 1. The van der Waals surface area contributed by atoms with Gasteiger partial charge in [0.1, 0.15) is 5.82 Å². The average molecular weight is 370 g/mol. The fourth-order valence-corrected chi connectivity index (χ4v) is 3.49. The Bertz CT molecular complexity index is 834. The van der Waals surface area contributed by atoms with Crippen LogP contribution in [-0.2, 0) is 17.8 Å². The predicted octanol–water partition coefficient (Wildman–Crippen LogP) is 3.26. The van der Waals surface area contributed by atoms with Gasteiger partial charge >= 0.3 is 0 Å². The maximum Gasteiger partial charge on any atom is 0.267 e. The predicted molar refractivity (Wildman–Crippen MR) is 110 cm³/mol. The number of amides is 1. The first-order valence-electron chi connectivity index (χ1n) is 9.13. The van der Waals surface area contributed by atoms with Gasteiger partial charge in [-0.3, -0.25) is 10.0 Å². The van der Waals surface area contributed by atoms with Crippen molar-refractivity contribution in [1.29, 1.82) is 0 Å². The molecule has 1 aromatic heterocycles. The van der Waals surface area contributed by atoms with E-state index < -0.39 is 5.91 Å². The number of nitrogens with one attached hydrogen (secondary N) is 1. The molecule has 6 heteroatoms. The number of carbonyl (C=O) groups is 1. The third-order valence-corrected chi connectivity index (χ3v) is 4.32. The second-order valence-corrected chi connectivity index (χ2v) is 7.87. The minimum atomic E-state index is -0.564. The topological polar surface area (TPSA) is 70.4 Å². The van der Waals surface area contributed by atoms with Crippen molar-refractivity contribution in [3.05, 3.63) is 48.3 Å².